The normalized spacial score (nSPS) is 56.2. The molecule has 5 saturated heterocycles. The average molecular weight is 606 g/mol. The van der Waals surface area contributed by atoms with Gasteiger partial charge in [-0.15, -0.1) is 0 Å². The predicted octanol–water partition coefficient (Wildman–Crippen LogP) is 4.17. The summed E-state index contributed by atoms with van der Waals surface area (Å²) in [5.74, 6) is 5.59. The fourth-order valence-electron chi connectivity index (χ4n) is 11.7. The van der Waals surface area contributed by atoms with E-state index in [1.54, 1.807) is 0 Å². The van der Waals surface area contributed by atoms with Crippen LogP contribution in [0.25, 0.3) is 10.6 Å². The van der Waals surface area contributed by atoms with E-state index in [0.29, 0.717) is 72.0 Å². The van der Waals surface area contributed by atoms with Gasteiger partial charge in [0.2, 0.25) is 0 Å². The number of nitrogens with zero attached hydrogens (tertiary/aromatic N) is 2. The first-order chi connectivity index (χ1) is 19.8. The summed E-state index contributed by atoms with van der Waals surface area (Å²) in [6, 6.07) is 0. The minimum absolute atomic E-state index is 0. The van der Waals surface area contributed by atoms with Gasteiger partial charge in [0.05, 0.1) is 24.7 Å². The van der Waals surface area contributed by atoms with Crippen molar-refractivity contribution >= 4 is 0 Å². The van der Waals surface area contributed by atoms with Gasteiger partial charge in [0.1, 0.15) is 0 Å². The Morgan fingerprint density at radius 2 is 0.512 bits per heavy atom. The van der Waals surface area contributed by atoms with E-state index in [1.807, 2.05) is 0 Å². The van der Waals surface area contributed by atoms with Gasteiger partial charge < -0.3 is 31.9 Å². The van der Waals surface area contributed by atoms with Gasteiger partial charge in [-0.05, 0) is 73.0 Å². The third-order valence-electron chi connectivity index (χ3n) is 13.6. The van der Waals surface area contributed by atoms with Gasteiger partial charge in [0.15, 0.2) is 0 Å². The van der Waals surface area contributed by atoms with E-state index in [0.717, 1.165) is 0 Å². The van der Waals surface area contributed by atoms with Crippen molar-refractivity contribution in [3.8, 4) is 0 Å². The van der Waals surface area contributed by atoms with Crippen molar-refractivity contribution in [1.82, 2.24) is 31.9 Å². The Labute approximate surface area is 258 Å². The van der Waals surface area contributed by atoms with E-state index in [4.69, 9.17) is 10.6 Å². The number of fused-ring (bicyclic) bond motifs is 20. The summed E-state index contributed by atoms with van der Waals surface area (Å²) in [6.07, 6.45) is 24.5. The maximum absolute atomic E-state index is 5.61. The molecule has 229 valence electrons. The minimum Gasteiger partial charge on any atom is -0.632 e. The number of nitrogens with one attached hydrogen (secondary N) is 6. The first-order valence-electron chi connectivity index (χ1n) is 17.8. The summed E-state index contributed by atoms with van der Waals surface area (Å²) in [7, 11) is 0. The maximum atomic E-state index is 5.61. The van der Waals surface area contributed by atoms with Crippen molar-refractivity contribution in [2.75, 3.05) is 0 Å². The van der Waals surface area contributed by atoms with E-state index < -0.39 is 0 Å². The standard InChI is InChI=1S/C32H54N8.Mn/c1-2-10-18-17(9-1)25-33-26(18)38-28-21-13-5-6-14-22(21)30(35-28)40-32-24-16-8-7-15-23(24)31(36-32)39-29-20-12-4-3-11-19(20)27(34-29)37-25;/h17-33,36-40H,1-16H2;/q-2;+2. The van der Waals surface area contributed by atoms with Crippen molar-refractivity contribution in [1.29, 1.82) is 0 Å². The zero-order chi connectivity index (χ0) is 26.2. The van der Waals surface area contributed by atoms with E-state index >= 15 is 0 Å². The predicted molar refractivity (Wildman–Crippen MR) is 158 cm³/mol. The third-order valence-corrected chi connectivity index (χ3v) is 13.6. The quantitative estimate of drug-likeness (QED) is 0.232. The summed E-state index contributed by atoms with van der Waals surface area (Å²) in [5.41, 5.74) is 0. The molecular weight excluding hydrogens is 551 g/mol. The Morgan fingerprint density at radius 1 is 0.293 bits per heavy atom. The molecule has 0 aromatic heterocycles. The zero-order valence-electron chi connectivity index (χ0n) is 24.8. The molecule has 5 heterocycles. The van der Waals surface area contributed by atoms with Crippen LogP contribution in [0.2, 0.25) is 0 Å². The number of rotatable bonds is 0. The maximum Gasteiger partial charge on any atom is 2.00 e. The van der Waals surface area contributed by atoms with Crippen molar-refractivity contribution < 1.29 is 17.1 Å². The van der Waals surface area contributed by atoms with Crippen molar-refractivity contribution in [3.05, 3.63) is 10.6 Å². The van der Waals surface area contributed by atoms with Gasteiger partial charge in [-0.3, -0.25) is 10.6 Å². The number of hydrogen-bond donors (Lipinski definition) is 6. The Morgan fingerprint density at radius 3 is 0.756 bits per heavy atom. The zero-order valence-corrected chi connectivity index (χ0v) is 26.0. The second-order valence-corrected chi connectivity index (χ2v) is 15.4. The molecule has 8 nitrogen and oxygen atoms in total. The van der Waals surface area contributed by atoms with Gasteiger partial charge in [0.25, 0.3) is 0 Å². The van der Waals surface area contributed by atoms with Crippen LogP contribution in [-0.4, -0.2) is 49.3 Å². The molecule has 8 bridgehead atoms. The van der Waals surface area contributed by atoms with Gasteiger partial charge in [-0.25, -0.2) is 0 Å². The van der Waals surface area contributed by atoms with E-state index in [1.165, 1.54) is 103 Å². The summed E-state index contributed by atoms with van der Waals surface area (Å²) in [5, 5.41) is 36.3. The largest absolute Gasteiger partial charge is 2.00 e. The molecule has 9 heteroatoms. The van der Waals surface area contributed by atoms with Crippen LogP contribution < -0.4 is 31.9 Å². The Balaban J connectivity index is 0.00000256. The molecule has 41 heavy (non-hydrogen) atoms. The SMILES string of the molecule is C1CCC2C3[N-]C(NC4NC(NC5[N-]C(NC6NC(N3)C3CCCCC63)C3CCCCC53)C3CCCCC43)C2C1.[Mn+2]. The molecule has 5 aliphatic heterocycles. The van der Waals surface area contributed by atoms with Crippen LogP contribution in [0.15, 0.2) is 0 Å². The average Bonchev–Trinajstić information content (AvgIpc) is 3.73. The molecule has 16 unspecified atom stereocenters. The van der Waals surface area contributed by atoms with Crippen LogP contribution in [0.4, 0.5) is 0 Å². The molecule has 1 radical (unpaired) electrons. The van der Waals surface area contributed by atoms with Crippen LogP contribution in [-0.2, 0) is 17.1 Å². The second kappa shape index (κ2) is 11.8. The smallest absolute Gasteiger partial charge is 0.632 e. The van der Waals surface area contributed by atoms with Crippen molar-refractivity contribution in [2.24, 2.45) is 47.3 Å². The molecule has 4 saturated carbocycles. The molecule has 0 aromatic rings. The van der Waals surface area contributed by atoms with Gasteiger partial charge in [-0.1, -0.05) is 102 Å². The fourth-order valence-corrected chi connectivity index (χ4v) is 11.7. The minimum atomic E-state index is 0. The Hall–Kier alpha value is 0.199. The second-order valence-electron chi connectivity index (χ2n) is 15.4. The molecule has 9 rings (SSSR count). The molecule has 0 spiro atoms. The van der Waals surface area contributed by atoms with Crippen LogP contribution in [0.5, 0.6) is 0 Å². The molecule has 9 aliphatic rings. The number of hydrogen-bond acceptors (Lipinski definition) is 6. The molecule has 0 amide bonds. The first kappa shape index (κ1) is 28.7. The monoisotopic (exact) mass is 605 g/mol. The molecule has 0 aromatic carbocycles. The van der Waals surface area contributed by atoms with Gasteiger partial charge >= 0.3 is 17.1 Å². The van der Waals surface area contributed by atoms with Crippen LogP contribution in [0, 0.1) is 47.3 Å². The van der Waals surface area contributed by atoms with Crippen LogP contribution in [0.3, 0.4) is 0 Å². The van der Waals surface area contributed by atoms with E-state index in [-0.39, 0.29) is 41.7 Å². The summed E-state index contributed by atoms with van der Waals surface area (Å²) in [6.45, 7) is 0. The van der Waals surface area contributed by atoms with Crippen LogP contribution >= 0.6 is 0 Å². The Kier molecular flexibility index (Phi) is 8.28. The molecule has 16 atom stereocenters. The van der Waals surface area contributed by atoms with E-state index in [9.17, 15) is 0 Å². The first-order valence-corrected chi connectivity index (χ1v) is 17.8. The van der Waals surface area contributed by atoms with Crippen molar-refractivity contribution in [3.63, 3.8) is 0 Å². The van der Waals surface area contributed by atoms with Crippen molar-refractivity contribution in [2.45, 2.75) is 152 Å². The van der Waals surface area contributed by atoms with Gasteiger partial charge in [-0.2, -0.15) is 0 Å². The molecule has 9 fully saturated rings. The third kappa shape index (κ3) is 5.01. The summed E-state index contributed by atoms with van der Waals surface area (Å²) in [4.78, 5) is 0. The summed E-state index contributed by atoms with van der Waals surface area (Å²) < 4.78 is 0. The molecular formula is C32H54MnN8. The molecule has 6 N–H and O–H groups in total. The topological polar surface area (TPSA) is 100 Å². The van der Waals surface area contributed by atoms with Crippen LogP contribution in [0.1, 0.15) is 103 Å². The fraction of sp³-hybridized carbons (Fsp3) is 1.00. The van der Waals surface area contributed by atoms with E-state index in [2.05, 4.69) is 31.9 Å². The summed E-state index contributed by atoms with van der Waals surface area (Å²) >= 11 is 0. The molecule has 4 aliphatic carbocycles. The van der Waals surface area contributed by atoms with Gasteiger partial charge in [0, 0.05) is 0 Å². The Bertz CT molecular complexity index is 716.